The minimum atomic E-state index is 0.779. The first-order chi connectivity index (χ1) is 7.70. The van der Waals surface area contributed by atoms with E-state index in [2.05, 4.69) is 13.8 Å². The van der Waals surface area contributed by atoms with Crippen molar-refractivity contribution in [1.82, 2.24) is 0 Å². The van der Waals surface area contributed by atoms with Gasteiger partial charge in [-0.15, -0.1) is 0 Å². The molecule has 0 unspecified atom stereocenters. The number of hydrogen-bond acceptors (Lipinski definition) is 1. The van der Waals surface area contributed by atoms with E-state index in [4.69, 9.17) is 16.6 Å². The fourth-order valence-electron chi connectivity index (χ4n) is 1.97. The van der Waals surface area contributed by atoms with Gasteiger partial charge in [0.25, 0.3) is 0 Å². The van der Waals surface area contributed by atoms with Crippen molar-refractivity contribution in [1.29, 1.82) is 0 Å². The molecule has 2 rings (SSSR count). The Morgan fingerprint density at radius 2 is 1.94 bits per heavy atom. The molecular formula is C14H16ClN. The van der Waals surface area contributed by atoms with Crippen molar-refractivity contribution in [3.63, 3.8) is 0 Å². The van der Waals surface area contributed by atoms with Crippen LogP contribution in [-0.4, -0.2) is 5.71 Å². The van der Waals surface area contributed by atoms with E-state index in [1.165, 1.54) is 22.5 Å². The summed E-state index contributed by atoms with van der Waals surface area (Å²) in [4.78, 5) is 4.71. The maximum atomic E-state index is 5.88. The maximum absolute atomic E-state index is 5.88. The largest absolute Gasteiger partial charge is 0.257 e. The van der Waals surface area contributed by atoms with Crippen molar-refractivity contribution >= 4 is 17.3 Å². The first-order valence-electron chi connectivity index (χ1n) is 5.73. The molecule has 0 bridgehead atoms. The molecule has 1 aliphatic rings. The van der Waals surface area contributed by atoms with Gasteiger partial charge in [-0.3, -0.25) is 4.99 Å². The van der Waals surface area contributed by atoms with Crippen LogP contribution in [0, 0.1) is 0 Å². The molecule has 0 N–H and O–H groups in total. The van der Waals surface area contributed by atoms with Crippen LogP contribution in [-0.2, 0) is 0 Å². The molecule has 1 aliphatic heterocycles. The summed E-state index contributed by atoms with van der Waals surface area (Å²) in [5.41, 5.74) is 5.05. The highest BCUT2D eigenvalue weighted by atomic mass is 35.5. The van der Waals surface area contributed by atoms with Crippen LogP contribution in [0.1, 0.15) is 38.7 Å². The molecule has 16 heavy (non-hydrogen) atoms. The van der Waals surface area contributed by atoms with E-state index in [-0.39, 0.29) is 0 Å². The molecule has 0 spiro atoms. The molecule has 0 saturated heterocycles. The molecule has 0 fully saturated rings. The SMILES string of the molecule is CCCC1=C(C)CC(c2ccc(Cl)cc2)=N1. The van der Waals surface area contributed by atoms with Crippen molar-refractivity contribution in [3.8, 4) is 0 Å². The number of hydrogen-bond donors (Lipinski definition) is 0. The third-order valence-electron chi connectivity index (χ3n) is 2.86. The molecule has 1 aromatic carbocycles. The van der Waals surface area contributed by atoms with Gasteiger partial charge in [0, 0.05) is 17.1 Å². The zero-order valence-corrected chi connectivity index (χ0v) is 10.5. The second kappa shape index (κ2) is 4.84. The Balaban J connectivity index is 2.20. The Morgan fingerprint density at radius 1 is 1.25 bits per heavy atom. The second-order valence-corrected chi connectivity index (χ2v) is 4.66. The summed E-state index contributed by atoms with van der Waals surface area (Å²) in [6.07, 6.45) is 3.23. The predicted octanol–water partition coefficient (Wildman–Crippen LogP) is 4.61. The number of aliphatic imine (C=N–C) groups is 1. The molecule has 1 nitrogen and oxygen atoms in total. The molecule has 0 atom stereocenters. The lowest BCUT2D eigenvalue weighted by atomic mass is 10.0. The van der Waals surface area contributed by atoms with E-state index in [9.17, 15) is 0 Å². The lowest BCUT2D eigenvalue weighted by Crippen LogP contribution is -1.96. The van der Waals surface area contributed by atoms with Crippen molar-refractivity contribution in [2.45, 2.75) is 33.1 Å². The highest BCUT2D eigenvalue weighted by Gasteiger charge is 2.15. The van der Waals surface area contributed by atoms with Gasteiger partial charge in [-0.25, -0.2) is 0 Å². The fourth-order valence-corrected chi connectivity index (χ4v) is 2.09. The van der Waals surface area contributed by atoms with Crippen molar-refractivity contribution in [2.75, 3.05) is 0 Å². The Kier molecular flexibility index (Phi) is 3.45. The van der Waals surface area contributed by atoms with Gasteiger partial charge in [0.15, 0.2) is 0 Å². The summed E-state index contributed by atoms with van der Waals surface area (Å²) in [5, 5.41) is 0.779. The van der Waals surface area contributed by atoms with Gasteiger partial charge in [0.05, 0.1) is 5.71 Å². The summed E-state index contributed by atoms with van der Waals surface area (Å²) in [6.45, 7) is 4.37. The van der Waals surface area contributed by atoms with Crippen LogP contribution in [0.4, 0.5) is 0 Å². The average Bonchev–Trinajstić information content (AvgIpc) is 2.62. The van der Waals surface area contributed by atoms with Crippen molar-refractivity contribution < 1.29 is 0 Å². The van der Waals surface area contributed by atoms with Crippen LogP contribution in [0.25, 0.3) is 0 Å². The van der Waals surface area contributed by atoms with Gasteiger partial charge in [0.2, 0.25) is 0 Å². The van der Waals surface area contributed by atoms with Crippen LogP contribution < -0.4 is 0 Å². The van der Waals surface area contributed by atoms with Crippen molar-refractivity contribution in [2.24, 2.45) is 4.99 Å². The summed E-state index contributed by atoms with van der Waals surface area (Å²) in [5.74, 6) is 0. The number of allylic oxidation sites excluding steroid dienone is 2. The van der Waals surface area contributed by atoms with E-state index < -0.39 is 0 Å². The van der Waals surface area contributed by atoms with Gasteiger partial charge < -0.3 is 0 Å². The molecule has 84 valence electrons. The number of halogens is 1. The number of nitrogens with zero attached hydrogens (tertiary/aromatic N) is 1. The Bertz CT molecular complexity index is 440. The van der Waals surface area contributed by atoms with E-state index in [0.717, 1.165) is 24.3 Å². The molecule has 0 amide bonds. The van der Waals surface area contributed by atoms with Gasteiger partial charge in [-0.1, -0.05) is 37.1 Å². The Labute approximate surface area is 102 Å². The minimum absolute atomic E-state index is 0.779. The summed E-state index contributed by atoms with van der Waals surface area (Å²) in [7, 11) is 0. The third kappa shape index (κ3) is 2.35. The van der Waals surface area contributed by atoms with Crippen LogP contribution in [0.2, 0.25) is 5.02 Å². The molecule has 0 saturated carbocycles. The molecule has 0 aromatic heterocycles. The normalized spacial score (nSPS) is 15.6. The summed E-state index contributed by atoms with van der Waals surface area (Å²) in [6, 6.07) is 7.94. The van der Waals surface area contributed by atoms with E-state index >= 15 is 0 Å². The quantitative estimate of drug-likeness (QED) is 0.723. The maximum Gasteiger partial charge on any atom is 0.0520 e. The number of rotatable bonds is 3. The highest BCUT2D eigenvalue weighted by Crippen LogP contribution is 2.26. The summed E-state index contributed by atoms with van der Waals surface area (Å²) >= 11 is 5.88. The number of benzene rings is 1. The zero-order chi connectivity index (χ0) is 11.5. The highest BCUT2D eigenvalue weighted by molar-refractivity contribution is 6.30. The average molecular weight is 234 g/mol. The van der Waals surface area contributed by atoms with Crippen LogP contribution in [0.15, 0.2) is 40.5 Å². The van der Waals surface area contributed by atoms with Gasteiger partial charge >= 0.3 is 0 Å². The molecule has 2 heteroatoms. The smallest absolute Gasteiger partial charge is 0.0520 e. The topological polar surface area (TPSA) is 12.4 Å². The zero-order valence-electron chi connectivity index (χ0n) is 9.76. The fraction of sp³-hybridized carbons (Fsp3) is 0.357. The summed E-state index contributed by atoms with van der Waals surface area (Å²) < 4.78 is 0. The monoisotopic (exact) mass is 233 g/mol. The van der Waals surface area contributed by atoms with Crippen LogP contribution in [0.5, 0.6) is 0 Å². The third-order valence-corrected chi connectivity index (χ3v) is 3.11. The van der Waals surface area contributed by atoms with Crippen LogP contribution in [0.3, 0.4) is 0 Å². The molecule has 0 radical (unpaired) electrons. The minimum Gasteiger partial charge on any atom is -0.257 e. The molecule has 0 aliphatic carbocycles. The van der Waals surface area contributed by atoms with Gasteiger partial charge in [-0.2, -0.15) is 0 Å². The lowest BCUT2D eigenvalue weighted by molar-refractivity contribution is 0.885. The lowest BCUT2D eigenvalue weighted by Gasteiger charge is -2.00. The first-order valence-corrected chi connectivity index (χ1v) is 6.10. The second-order valence-electron chi connectivity index (χ2n) is 4.22. The van der Waals surface area contributed by atoms with E-state index in [1.807, 2.05) is 24.3 Å². The van der Waals surface area contributed by atoms with Gasteiger partial charge in [-0.05, 0) is 36.6 Å². The standard InChI is InChI=1S/C14H16ClN/c1-3-4-13-10(2)9-14(16-13)11-5-7-12(15)8-6-11/h5-8H,3-4,9H2,1-2H3. The Hall–Kier alpha value is -1.08. The molecule has 1 heterocycles. The molecule has 1 aromatic rings. The first kappa shape index (κ1) is 11.4. The van der Waals surface area contributed by atoms with Gasteiger partial charge in [0.1, 0.15) is 0 Å². The van der Waals surface area contributed by atoms with Crippen LogP contribution >= 0.6 is 11.6 Å². The van der Waals surface area contributed by atoms with E-state index in [1.54, 1.807) is 0 Å². The Morgan fingerprint density at radius 3 is 2.56 bits per heavy atom. The van der Waals surface area contributed by atoms with E-state index in [0.29, 0.717) is 0 Å². The predicted molar refractivity (Wildman–Crippen MR) is 70.2 cm³/mol. The van der Waals surface area contributed by atoms with Crippen molar-refractivity contribution in [3.05, 3.63) is 46.1 Å². The molecular weight excluding hydrogens is 218 g/mol.